The van der Waals surface area contributed by atoms with Crippen LogP contribution >= 0.6 is 0 Å². The van der Waals surface area contributed by atoms with E-state index in [2.05, 4.69) is 9.47 Å². The monoisotopic (exact) mass is 224 g/mol. The van der Waals surface area contributed by atoms with Gasteiger partial charge in [-0.3, -0.25) is 9.59 Å². The van der Waals surface area contributed by atoms with Crippen LogP contribution in [0.5, 0.6) is 0 Å². The molecule has 0 aromatic rings. The van der Waals surface area contributed by atoms with Crippen LogP contribution in [-0.4, -0.2) is 26.2 Å². The van der Waals surface area contributed by atoms with E-state index >= 15 is 0 Å². The Labute approximate surface area is 94.9 Å². The molecule has 0 N–H and O–H groups in total. The largest absolute Gasteiger partial charge is 0.469 e. The van der Waals surface area contributed by atoms with Gasteiger partial charge in [-0.2, -0.15) is 0 Å². The molecule has 0 atom stereocenters. The lowest BCUT2D eigenvalue weighted by atomic mass is 9.92. The fourth-order valence-electron chi connectivity index (χ4n) is 1.52. The summed E-state index contributed by atoms with van der Waals surface area (Å²) in [6.07, 6.45) is 8.37. The predicted octanol–water partition coefficient (Wildman–Crippen LogP) is 1.47. The lowest BCUT2D eigenvalue weighted by Crippen LogP contribution is -2.12. The van der Waals surface area contributed by atoms with Crippen molar-refractivity contribution in [1.29, 1.82) is 0 Å². The summed E-state index contributed by atoms with van der Waals surface area (Å²) in [7, 11) is 2.75. The molecule has 16 heavy (non-hydrogen) atoms. The van der Waals surface area contributed by atoms with E-state index in [1.165, 1.54) is 14.2 Å². The van der Waals surface area contributed by atoms with Gasteiger partial charge in [-0.1, -0.05) is 24.3 Å². The fourth-order valence-corrected chi connectivity index (χ4v) is 1.52. The van der Waals surface area contributed by atoms with Crippen LogP contribution in [0.25, 0.3) is 0 Å². The van der Waals surface area contributed by atoms with E-state index < -0.39 is 0 Å². The number of methoxy groups -OCH3 is 2. The number of hydrogen-bond donors (Lipinski definition) is 0. The van der Waals surface area contributed by atoms with Crippen molar-refractivity contribution in [3.05, 3.63) is 24.3 Å². The minimum atomic E-state index is -0.231. The van der Waals surface area contributed by atoms with Gasteiger partial charge in [-0.15, -0.1) is 0 Å². The zero-order valence-electron chi connectivity index (χ0n) is 9.51. The molecule has 0 amide bonds. The van der Waals surface area contributed by atoms with Crippen LogP contribution in [0.1, 0.15) is 12.8 Å². The van der Waals surface area contributed by atoms with Gasteiger partial charge >= 0.3 is 11.9 Å². The highest BCUT2D eigenvalue weighted by molar-refractivity contribution is 5.71. The Bertz CT molecular complexity index is 273. The predicted molar refractivity (Wildman–Crippen MR) is 58.5 cm³/mol. The van der Waals surface area contributed by atoms with Gasteiger partial charge in [0.2, 0.25) is 0 Å². The van der Waals surface area contributed by atoms with Crippen molar-refractivity contribution in [2.45, 2.75) is 12.8 Å². The number of ether oxygens (including phenoxy) is 2. The molecular formula is C12H16O4. The number of carbonyl (C=O) groups is 2. The van der Waals surface area contributed by atoms with Crippen molar-refractivity contribution in [2.24, 2.45) is 11.8 Å². The van der Waals surface area contributed by atoms with E-state index in [9.17, 15) is 9.59 Å². The third-order valence-corrected chi connectivity index (χ3v) is 2.47. The maximum atomic E-state index is 11.0. The zero-order valence-corrected chi connectivity index (χ0v) is 9.51. The Balaban J connectivity index is 2.40. The van der Waals surface area contributed by atoms with E-state index in [1.807, 2.05) is 24.3 Å². The highest BCUT2D eigenvalue weighted by Gasteiger charge is 2.15. The molecule has 0 unspecified atom stereocenters. The Morgan fingerprint density at radius 2 is 1.19 bits per heavy atom. The van der Waals surface area contributed by atoms with E-state index in [0.717, 1.165) is 0 Å². The van der Waals surface area contributed by atoms with Crippen molar-refractivity contribution in [2.75, 3.05) is 14.2 Å². The number of carbonyl (C=O) groups excluding carboxylic acids is 2. The van der Waals surface area contributed by atoms with Crippen LogP contribution in [0.4, 0.5) is 0 Å². The maximum Gasteiger partial charge on any atom is 0.306 e. The molecule has 88 valence electrons. The number of allylic oxidation sites excluding steroid dienone is 4. The molecule has 0 aromatic heterocycles. The van der Waals surface area contributed by atoms with Gasteiger partial charge in [-0.25, -0.2) is 0 Å². The number of hydrogen-bond acceptors (Lipinski definition) is 4. The van der Waals surface area contributed by atoms with Crippen molar-refractivity contribution >= 4 is 11.9 Å². The van der Waals surface area contributed by atoms with Crippen molar-refractivity contribution in [3.63, 3.8) is 0 Å². The van der Waals surface area contributed by atoms with Crippen LogP contribution in [-0.2, 0) is 19.1 Å². The topological polar surface area (TPSA) is 52.6 Å². The Morgan fingerprint density at radius 1 is 0.875 bits per heavy atom. The molecule has 0 aliphatic heterocycles. The fraction of sp³-hybridized carbons (Fsp3) is 0.500. The van der Waals surface area contributed by atoms with Gasteiger partial charge in [0.25, 0.3) is 0 Å². The van der Waals surface area contributed by atoms with Crippen molar-refractivity contribution in [3.8, 4) is 0 Å². The summed E-state index contributed by atoms with van der Waals surface area (Å²) in [4.78, 5) is 22.0. The summed E-state index contributed by atoms with van der Waals surface area (Å²) in [5.74, 6) is -0.320. The minimum absolute atomic E-state index is 0.0707. The Morgan fingerprint density at radius 3 is 1.44 bits per heavy atom. The normalized spacial score (nSPS) is 22.9. The van der Waals surface area contributed by atoms with Crippen LogP contribution < -0.4 is 0 Å². The van der Waals surface area contributed by atoms with Crippen LogP contribution in [0.15, 0.2) is 24.3 Å². The molecule has 1 rings (SSSR count). The molecule has 0 saturated carbocycles. The molecule has 0 spiro atoms. The van der Waals surface area contributed by atoms with Gasteiger partial charge in [0, 0.05) is 11.8 Å². The Kier molecular flexibility index (Phi) is 4.76. The van der Waals surface area contributed by atoms with Crippen molar-refractivity contribution < 1.29 is 19.1 Å². The average molecular weight is 224 g/mol. The summed E-state index contributed by atoms with van der Waals surface area (Å²) in [6.45, 7) is 0. The van der Waals surface area contributed by atoms with Gasteiger partial charge in [-0.05, 0) is 0 Å². The zero-order chi connectivity index (χ0) is 12.0. The number of esters is 2. The molecule has 0 bridgehead atoms. The first-order chi connectivity index (χ1) is 7.65. The highest BCUT2D eigenvalue weighted by Crippen LogP contribution is 2.20. The van der Waals surface area contributed by atoms with E-state index in [4.69, 9.17) is 0 Å². The molecule has 0 saturated heterocycles. The number of rotatable bonds is 4. The summed E-state index contributed by atoms with van der Waals surface area (Å²) < 4.78 is 9.16. The van der Waals surface area contributed by atoms with Gasteiger partial charge in [0.15, 0.2) is 0 Å². The maximum absolute atomic E-state index is 11.0. The molecule has 4 nitrogen and oxygen atoms in total. The molecule has 0 aromatic carbocycles. The van der Waals surface area contributed by atoms with Crippen molar-refractivity contribution in [1.82, 2.24) is 0 Å². The van der Waals surface area contributed by atoms with Gasteiger partial charge in [0.1, 0.15) is 0 Å². The van der Waals surface area contributed by atoms with E-state index in [0.29, 0.717) is 12.8 Å². The molecule has 4 heteroatoms. The Hall–Kier alpha value is -1.58. The van der Waals surface area contributed by atoms with E-state index in [1.54, 1.807) is 0 Å². The lowest BCUT2D eigenvalue weighted by Gasteiger charge is -2.14. The second-order valence-electron chi connectivity index (χ2n) is 3.66. The summed E-state index contributed by atoms with van der Waals surface area (Å²) in [5.41, 5.74) is 0. The molecule has 0 heterocycles. The van der Waals surface area contributed by atoms with Crippen LogP contribution in [0.3, 0.4) is 0 Å². The van der Waals surface area contributed by atoms with E-state index in [-0.39, 0.29) is 23.8 Å². The highest BCUT2D eigenvalue weighted by atomic mass is 16.5. The van der Waals surface area contributed by atoms with Gasteiger partial charge < -0.3 is 9.47 Å². The average Bonchev–Trinajstić information content (AvgIpc) is 2.31. The van der Waals surface area contributed by atoms with Gasteiger partial charge in [0.05, 0.1) is 27.1 Å². The third-order valence-electron chi connectivity index (χ3n) is 2.47. The molecular weight excluding hydrogens is 208 g/mol. The smallest absolute Gasteiger partial charge is 0.306 e. The third kappa shape index (κ3) is 3.88. The SMILES string of the molecule is COC(=O)CC1C=CC(CC(=O)OC)C=C1. The second kappa shape index (κ2) is 6.10. The summed E-state index contributed by atoms with van der Waals surface area (Å²) >= 11 is 0. The van der Waals surface area contributed by atoms with Crippen LogP contribution in [0.2, 0.25) is 0 Å². The first-order valence-corrected chi connectivity index (χ1v) is 5.16. The quantitative estimate of drug-likeness (QED) is 0.536. The molecule has 1 aliphatic carbocycles. The molecule has 0 radical (unpaired) electrons. The first kappa shape index (κ1) is 12.5. The standard InChI is InChI=1S/C12H16O4/c1-15-11(13)7-9-3-5-10(6-4-9)8-12(14)16-2/h3-6,9-10H,7-8H2,1-2H3. The first-order valence-electron chi connectivity index (χ1n) is 5.16. The second-order valence-corrected chi connectivity index (χ2v) is 3.66. The summed E-state index contributed by atoms with van der Waals surface area (Å²) in [5, 5.41) is 0. The molecule has 1 aliphatic rings. The minimum Gasteiger partial charge on any atom is -0.469 e. The van der Waals surface area contributed by atoms with Crippen LogP contribution in [0, 0.1) is 11.8 Å². The molecule has 0 fully saturated rings. The summed E-state index contributed by atoms with van der Waals surface area (Å²) in [6, 6.07) is 0. The lowest BCUT2D eigenvalue weighted by molar-refractivity contribution is -0.142.